The summed E-state index contributed by atoms with van der Waals surface area (Å²) in [4.78, 5) is 10.9. The number of halogens is 3. The molecule has 0 saturated carbocycles. The molecule has 31 heavy (non-hydrogen) atoms. The van der Waals surface area contributed by atoms with Gasteiger partial charge in [-0.1, -0.05) is 17.7 Å². The molecule has 0 spiro atoms. The molecule has 0 bridgehead atoms. The Balaban J connectivity index is 1.32. The number of hydrogen-bond acceptors (Lipinski definition) is 5. The molecule has 1 N–H and O–H groups in total. The predicted molar refractivity (Wildman–Crippen MR) is 116 cm³/mol. The summed E-state index contributed by atoms with van der Waals surface area (Å²) >= 11 is 6.00. The zero-order valence-electron chi connectivity index (χ0n) is 16.5. The number of aromatic nitrogens is 4. The summed E-state index contributed by atoms with van der Waals surface area (Å²) in [5.74, 6) is -1.25. The number of fused-ring (bicyclic) bond motifs is 1. The van der Waals surface area contributed by atoms with Gasteiger partial charge in [-0.2, -0.15) is 4.98 Å². The fourth-order valence-corrected chi connectivity index (χ4v) is 4.08. The number of nitrogens with one attached hydrogen (secondary N) is 1. The molecule has 0 atom stereocenters. The van der Waals surface area contributed by atoms with E-state index in [1.165, 1.54) is 12.1 Å². The molecule has 0 radical (unpaired) electrons. The average Bonchev–Trinajstić information content (AvgIpc) is 3.19. The van der Waals surface area contributed by atoms with Crippen molar-refractivity contribution in [3.8, 4) is 11.1 Å². The van der Waals surface area contributed by atoms with E-state index in [-0.39, 0.29) is 6.04 Å². The lowest BCUT2D eigenvalue weighted by atomic mass is 10.0. The van der Waals surface area contributed by atoms with Crippen molar-refractivity contribution in [1.82, 2.24) is 19.6 Å². The summed E-state index contributed by atoms with van der Waals surface area (Å²) < 4.78 is 28.7. The number of anilines is 2. The van der Waals surface area contributed by atoms with Crippen molar-refractivity contribution < 1.29 is 8.78 Å². The quantitative estimate of drug-likeness (QED) is 0.462. The van der Waals surface area contributed by atoms with Crippen LogP contribution in [0.3, 0.4) is 0 Å². The highest BCUT2D eigenvalue weighted by molar-refractivity contribution is 6.29. The third-order valence-corrected chi connectivity index (χ3v) is 5.70. The molecule has 5 rings (SSSR count). The van der Waals surface area contributed by atoms with Gasteiger partial charge in [0, 0.05) is 42.8 Å². The van der Waals surface area contributed by atoms with Crippen LogP contribution in [0.5, 0.6) is 0 Å². The summed E-state index contributed by atoms with van der Waals surface area (Å²) in [7, 11) is 0. The molecule has 9 heteroatoms. The summed E-state index contributed by atoms with van der Waals surface area (Å²) in [5.41, 5.74) is 2.89. The van der Waals surface area contributed by atoms with Crippen LogP contribution in [0.1, 0.15) is 12.8 Å². The highest BCUT2D eigenvalue weighted by Crippen LogP contribution is 2.27. The van der Waals surface area contributed by atoms with Gasteiger partial charge >= 0.3 is 0 Å². The van der Waals surface area contributed by atoms with Crippen molar-refractivity contribution in [2.24, 2.45) is 0 Å². The molecule has 158 valence electrons. The van der Waals surface area contributed by atoms with E-state index in [0.29, 0.717) is 27.9 Å². The lowest BCUT2D eigenvalue weighted by molar-refractivity contribution is 0.509. The number of piperidine rings is 1. The van der Waals surface area contributed by atoms with Gasteiger partial charge in [0.05, 0.1) is 0 Å². The molecule has 1 aliphatic heterocycles. The Hall–Kier alpha value is -3.26. The summed E-state index contributed by atoms with van der Waals surface area (Å²) in [6.07, 6.45) is 5.34. The molecule has 3 aromatic heterocycles. The van der Waals surface area contributed by atoms with Gasteiger partial charge < -0.3 is 10.2 Å². The molecular weight excluding hydrogens is 422 g/mol. The van der Waals surface area contributed by atoms with Crippen LogP contribution in [0.15, 0.2) is 54.9 Å². The zero-order valence-corrected chi connectivity index (χ0v) is 17.2. The largest absolute Gasteiger partial charge is 0.371 e. The normalized spacial score (nSPS) is 14.9. The average molecular weight is 441 g/mol. The van der Waals surface area contributed by atoms with Crippen LogP contribution in [0.2, 0.25) is 5.15 Å². The summed E-state index contributed by atoms with van der Waals surface area (Å²) in [5, 5.41) is 8.41. The van der Waals surface area contributed by atoms with Crippen LogP contribution < -0.4 is 10.2 Å². The smallest absolute Gasteiger partial charge is 0.243 e. The first-order chi connectivity index (χ1) is 15.1. The molecule has 0 aliphatic carbocycles. The number of benzene rings is 1. The second-order valence-corrected chi connectivity index (χ2v) is 7.88. The number of pyridine rings is 2. The monoisotopic (exact) mass is 440 g/mol. The maximum Gasteiger partial charge on any atom is 0.243 e. The van der Waals surface area contributed by atoms with Crippen molar-refractivity contribution in [3.63, 3.8) is 0 Å². The third kappa shape index (κ3) is 4.03. The van der Waals surface area contributed by atoms with E-state index in [4.69, 9.17) is 11.6 Å². The van der Waals surface area contributed by atoms with Crippen LogP contribution in [-0.4, -0.2) is 38.7 Å². The molecule has 6 nitrogen and oxygen atoms in total. The molecule has 1 fully saturated rings. The van der Waals surface area contributed by atoms with E-state index in [1.807, 2.05) is 18.2 Å². The van der Waals surface area contributed by atoms with Crippen LogP contribution in [-0.2, 0) is 0 Å². The van der Waals surface area contributed by atoms with Crippen LogP contribution in [0.4, 0.5) is 20.4 Å². The fraction of sp³-hybridized carbons (Fsp3) is 0.227. The van der Waals surface area contributed by atoms with E-state index in [2.05, 4.69) is 25.3 Å². The van der Waals surface area contributed by atoms with Gasteiger partial charge in [0.15, 0.2) is 17.3 Å². The van der Waals surface area contributed by atoms with E-state index >= 15 is 0 Å². The highest BCUT2D eigenvalue weighted by atomic mass is 35.5. The van der Waals surface area contributed by atoms with Gasteiger partial charge in [-0.25, -0.2) is 18.3 Å². The highest BCUT2D eigenvalue weighted by Gasteiger charge is 2.21. The van der Waals surface area contributed by atoms with Gasteiger partial charge in [-0.3, -0.25) is 0 Å². The van der Waals surface area contributed by atoms with E-state index < -0.39 is 11.6 Å². The van der Waals surface area contributed by atoms with Crippen LogP contribution in [0.25, 0.3) is 16.8 Å². The molecule has 4 aromatic rings. The van der Waals surface area contributed by atoms with Crippen molar-refractivity contribution in [2.75, 3.05) is 23.3 Å². The SMILES string of the molecule is Fc1ccc(-c2cccn3nc(NC4CCN(c5ccnc(Cl)c5)CC4)nc23)cc1F. The van der Waals surface area contributed by atoms with Gasteiger partial charge in [0.2, 0.25) is 5.95 Å². The van der Waals surface area contributed by atoms with Gasteiger partial charge in [0.25, 0.3) is 0 Å². The Kier molecular flexibility index (Phi) is 5.15. The third-order valence-electron chi connectivity index (χ3n) is 5.50. The number of nitrogens with zero attached hydrogens (tertiary/aromatic N) is 5. The van der Waals surface area contributed by atoms with Crippen LogP contribution in [0, 0.1) is 11.6 Å². The first-order valence-electron chi connectivity index (χ1n) is 10.0. The molecule has 1 saturated heterocycles. The summed E-state index contributed by atoms with van der Waals surface area (Å²) in [6.45, 7) is 1.76. The van der Waals surface area contributed by atoms with Gasteiger partial charge in [-0.05, 0) is 54.8 Å². The second-order valence-electron chi connectivity index (χ2n) is 7.50. The Labute approximate surface area is 182 Å². The van der Waals surface area contributed by atoms with E-state index in [1.54, 1.807) is 23.0 Å². The topological polar surface area (TPSA) is 58.4 Å². The Morgan fingerprint density at radius 2 is 1.87 bits per heavy atom. The molecule has 0 unspecified atom stereocenters. The first-order valence-corrected chi connectivity index (χ1v) is 10.4. The minimum absolute atomic E-state index is 0.234. The van der Waals surface area contributed by atoms with Crippen LogP contribution >= 0.6 is 11.6 Å². The van der Waals surface area contributed by atoms with Gasteiger partial charge in [-0.15, -0.1) is 5.10 Å². The molecular formula is C22H19ClF2N6. The second kappa shape index (κ2) is 8.11. The molecule has 1 aliphatic rings. The molecule has 1 aromatic carbocycles. The first kappa shape index (κ1) is 19.7. The van der Waals surface area contributed by atoms with E-state index in [0.717, 1.165) is 37.7 Å². The maximum absolute atomic E-state index is 13.7. The number of hydrogen-bond donors (Lipinski definition) is 1. The maximum atomic E-state index is 13.7. The lowest BCUT2D eigenvalue weighted by Gasteiger charge is -2.33. The van der Waals surface area contributed by atoms with Crippen molar-refractivity contribution in [3.05, 3.63) is 71.6 Å². The summed E-state index contributed by atoms with van der Waals surface area (Å²) in [6, 6.07) is 11.5. The molecule has 4 heterocycles. The number of rotatable bonds is 4. The fourth-order valence-electron chi connectivity index (χ4n) is 3.91. The minimum atomic E-state index is -0.889. The Bertz CT molecular complexity index is 1240. The van der Waals surface area contributed by atoms with Crippen molar-refractivity contribution in [1.29, 1.82) is 0 Å². The predicted octanol–water partition coefficient (Wildman–Crippen LogP) is 4.80. The molecule has 0 amide bonds. The lowest BCUT2D eigenvalue weighted by Crippen LogP contribution is -2.39. The minimum Gasteiger partial charge on any atom is -0.371 e. The Morgan fingerprint density at radius 1 is 1.03 bits per heavy atom. The Morgan fingerprint density at radius 3 is 2.65 bits per heavy atom. The zero-order chi connectivity index (χ0) is 21.4. The van der Waals surface area contributed by atoms with Gasteiger partial charge in [0.1, 0.15) is 5.15 Å². The van der Waals surface area contributed by atoms with Crippen molar-refractivity contribution in [2.45, 2.75) is 18.9 Å². The van der Waals surface area contributed by atoms with Crippen molar-refractivity contribution >= 4 is 28.9 Å². The van der Waals surface area contributed by atoms with E-state index in [9.17, 15) is 8.78 Å². The standard InChI is InChI=1S/C22H19ClF2N6/c23-20-13-16(5-8-26-20)30-10-6-15(7-11-30)27-22-28-21-17(2-1-9-31(21)29-22)14-3-4-18(24)19(25)12-14/h1-5,8-9,12-13,15H,6-7,10-11H2,(H,27,29).